The van der Waals surface area contributed by atoms with Crippen LogP contribution >= 0.6 is 11.6 Å². The number of ether oxygens (including phenoxy) is 2. The zero-order chi connectivity index (χ0) is 17.4. The van der Waals surface area contributed by atoms with Crippen molar-refractivity contribution in [3.8, 4) is 11.6 Å². The molecule has 0 saturated heterocycles. The lowest BCUT2D eigenvalue weighted by Gasteiger charge is -2.17. The Kier molecular flexibility index (Phi) is 6.88. The van der Waals surface area contributed by atoms with Crippen LogP contribution in [0, 0.1) is 0 Å². The number of aromatic nitrogens is 1. The summed E-state index contributed by atoms with van der Waals surface area (Å²) in [6.07, 6.45) is 2.30. The van der Waals surface area contributed by atoms with Crippen molar-refractivity contribution in [2.75, 3.05) is 26.8 Å². The van der Waals surface area contributed by atoms with E-state index in [1.165, 1.54) is 0 Å². The Balaban J connectivity index is 1.80. The van der Waals surface area contributed by atoms with Gasteiger partial charge in [0.25, 0.3) is 5.91 Å². The number of carbonyl (C=O) groups excluding carboxylic acids is 1. The summed E-state index contributed by atoms with van der Waals surface area (Å²) in [5.41, 5.74) is 0.562. The smallest absolute Gasteiger partial charge is 0.253 e. The summed E-state index contributed by atoms with van der Waals surface area (Å²) in [6, 6.07) is 10.6. The van der Waals surface area contributed by atoms with Gasteiger partial charge in [0.1, 0.15) is 5.75 Å². The first-order valence-corrected chi connectivity index (χ1v) is 8.20. The Labute approximate surface area is 147 Å². The zero-order valence-electron chi connectivity index (χ0n) is 13.9. The van der Waals surface area contributed by atoms with Gasteiger partial charge in [0.15, 0.2) is 0 Å². The van der Waals surface area contributed by atoms with E-state index in [4.69, 9.17) is 21.1 Å². The number of pyridine rings is 1. The second-order valence-electron chi connectivity index (χ2n) is 5.20. The van der Waals surface area contributed by atoms with E-state index >= 15 is 0 Å². The highest BCUT2D eigenvalue weighted by Gasteiger charge is 2.12. The molecule has 128 valence electrons. The number of halogens is 1. The molecule has 1 aromatic heterocycles. The van der Waals surface area contributed by atoms with Crippen LogP contribution in [0.25, 0.3) is 0 Å². The molecule has 0 spiro atoms. The van der Waals surface area contributed by atoms with Crippen LogP contribution in [0.5, 0.6) is 11.6 Å². The zero-order valence-corrected chi connectivity index (χ0v) is 14.6. The lowest BCUT2D eigenvalue weighted by molar-refractivity contribution is 0.0787. The van der Waals surface area contributed by atoms with Crippen molar-refractivity contribution < 1.29 is 14.3 Å². The molecule has 1 aromatic carbocycles. The summed E-state index contributed by atoms with van der Waals surface area (Å²) in [5, 5.41) is 0.641. The first kappa shape index (κ1) is 18.1. The number of nitrogens with zero attached hydrogens (tertiary/aromatic N) is 2. The van der Waals surface area contributed by atoms with Crippen LogP contribution in [0.2, 0.25) is 5.02 Å². The van der Waals surface area contributed by atoms with Crippen molar-refractivity contribution in [3.05, 3.63) is 53.2 Å². The highest BCUT2D eigenvalue weighted by atomic mass is 35.5. The van der Waals surface area contributed by atoms with Crippen molar-refractivity contribution in [2.45, 2.75) is 13.3 Å². The standard InChI is InChI=1S/C18H21ClN2O3/c1-3-23-17-12-14(8-9-20-17)18(22)21(2)10-5-11-24-16-7-4-6-15(19)13-16/h4,6-9,12-13H,3,5,10-11H2,1-2H3. The SMILES string of the molecule is CCOc1cc(C(=O)N(C)CCCOc2cccc(Cl)c2)ccn1. The summed E-state index contributed by atoms with van der Waals surface area (Å²) in [4.78, 5) is 18.1. The quantitative estimate of drug-likeness (QED) is 0.683. The topological polar surface area (TPSA) is 51.7 Å². The van der Waals surface area contributed by atoms with Crippen molar-refractivity contribution in [1.29, 1.82) is 0 Å². The molecule has 0 aliphatic rings. The molecule has 0 atom stereocenters. The average molecular weight is 349 g/mol. The minimum absolute atomic E-state index is 0.0684. The molecule has 0 aliphatic heterocycles. The Morgan fingerprint density at radius 3 is 2.83 bits per heavy atom. The van der Waals surface area contributed by atoms with E-state index in [9.17, 15) is 4.79 Å². The van der Waals surface area contributed by atoms with Crippen LogP contribution in [0.3, 0.4) is 0 Å². The molecule has 24 heavy (non-hydrogen) atoms. The molecule has 0 fully saturated rings. The molecule has 0 radical (unpaired) electrons. The van der Waals surface area contributed by atoms with E-state index in [1.807, 2.05) is 19.1 Å². The number of carbonyl (C=O) groups is 1. The molecule has 0 unspecified atom stereocenters. The summed E-state index contributed by atoms with van der Waals surface area (Å²) >= 11 is 5.90. The molecular weight excluding hydrogens is 328 g/mol. The molecule has 2 aromatic rings. The fourth-order valence-corrected chi connectivity index (χ4v) is 2.32. The lowest BCUT2D eigenvalue weighted by Crippen LogP contribution is -2.28. The summed E-state index contributed by atoms with van der Waals surface area (Å²) in [7, 11) is 1.77. The third kappa shape index (κ3) is 5.42. The van der Waals surface area contributed by atoms with Gasteiger partial charge >= 0.3 is 0 Å². The molecule has 1 heterocycles. The molecule has 0 bridgehead atoms. The number of hydrogen-bond acceptors (Lipinski definition) is 4. The van der Waals surface area contributed by atoms with Crippen LogP contribution in [0.1, 0.15) is 23.7 Å². The van der Waals surface area contributed by atoms with Crippen LogP contribution in [0.15, 0.2) is 42.6 Å². The second kappa shape index (κ2) is 9.13. The molecule has 0 N–H and O–H groups in total. The number of amides is 1. The van der Waals surface area contributed by atoms with E-state index in [0.717, 1.165) is 12.2 Å². The first-order valence-electron chi connectivity index (χ1n) is 7.83. The predicted molar refractivity (Wildman–Crippen MR) is 93.9 cm³/mol. The van der Waals surface area contributed by atoms with Gasteiger partial charge in [0.2, 0.25) is 5.88 Å². The van der Waals surface area contributed by atoms with E-state index < -0.39 is 0 Å². The van der Waals surface area contributed by atoms with Gasteiger partial charge in [-0.3, -0.25) is 4.79 Å². The molecule has 6 heteroatoms. The fraction of sp³-hybridized carbons (Fsp3) is 0.333. The fourth-order valence-electron chi connectivity index (χ4n) is 2.14. The largest absolute Gasteiger partial charge is 0.493 e. The van der Waals surface area contributed by atoms with E-state index in [2.05, 4.69) is 4.98 Å². The molecule has 2 rings (SSSR count). The predicted octanol–water partition coefficient (Wildman–Crippen LogP) is 3.67. The maximum atomic E-state index is 12.4. The van der Waals surface area contributed by atoms with Crippen LogP contribution in [-0.2, 0) is 0 Å². The third-order valence-electron chi connectivity index (χ3n) is 3.32. The van der Waals surface area contributed by atoms with Crippen molar-refractivity contribution in [3.63, 3.8) is 0 Å². The van der Waals surface area contributed by atoms with Gasteiger partial charge in [-0.25, -0.2) is 4.98 Å². The van der Waals surface area contributed by atoms with Gasteiger partial charge in [-0.05, 0) is 37.6 Å². The highest BCUT2D eigenvalue weighted by molar-refractivity contribution is 6.30. The van der Waals surface area contributed by atoms with Crippen LogP contribution in [0.4, 0.5) is 0 Å². The van der Waals surface area contributed by atoms with Gasteiger partial charge < -0.3 is 14.4 Å². The maximum Gasteiger partial charge on any atom is 0.253 e. The molecule has 0 aliphatic carbocycles. The third-order valence-corrected chi connectivity index (χ3v) is 3.56. The average Bonchev–Trinajstić information content (AvgIpc) is 2.58. The minimum Gasteiger partial charge on any atom is -0.493 e. The molecule has 1 amide bonds. The Hall–Kier alpha value is -2.27. The highest BCUT2D eigenvalue weighted by Crippen LogP contribution is 2.17. The Bertz CT molecular complexity index is 679. The van der Waals surface area contributed by atoms with Gasteiger partial charge in [0.05, 0.1) is 13.2 Å². The van der Waals surface area contributed by atoms with E-state index in [1.54, 1.807) is 42.4 Å². The second-order valence-corrected chi connectivity index (χ2v) is 5.64. The van der Waals surface area contributed by atoms with Gasteiger partial charge in [-0.15, -0.1) is 0 Å². The summed E-state index contributed by atoms with van der Waals surface area (Å²) in [6.45, 7) is 3.49. The van der Waals surface area contributed by atoms with Crippen molar-refractivity contribution in [2.24, 2.45) is 0 Å². The van der Waals surface area contributed by atoms with Gasteiger partial charge in [0, 0.05) is 36.4 Å². The lowest BCUT2D eigenvalue weighted by atomic mass is 10.2. The number of benzene rings is 1. The minimum atomic E-state index is -0.0684. The van der Waals surface area contributed by atoms with E-state index in [-0.39, 0.29) is 5.91 Å². The van der Waals surface area contributed by atoms with Gasteiger partial charge in [-0.2, -0.15) is 0 Å². The Morgan fingerprint density at radius 2 is 2.08 bits per heavy atom. The normalized spacial score (nSPS) is 10.3. The number of hydrogen-bond donors (Lipinski definition) is 0. The van der Waals surface area contributed by atoms with Crippen molar-refractivity contribution >= 4 is 17.5 Å². The maximum absolute atomic E-state index is 12.4. The summed E-state index contributed by atoms with van der Waals surface area (Å²) < 4.78 is 10.9. The first-order chi connectivity index (χ1) is 11.6. The van der Waals surface area contributed by atoms with Crippen LogP contribution < -0.4 is 9.47 Å². The monoisotopic (exact) mass is 348 g/mol. The van der Waals surface area contributed by atoms with E-state index in [0.29, 0.717) is 36.2 Å². The Morgan fingerprint density at radius 1 is 1.25 bits per heavy atom. The van der Waals surface area contributed by atoms with Crippen LogP contribution in [-0.4, -0.2) is 42.6 Å². The molecular formula is C18H21ClN2O3. The number of rotatable bonds is 8. The molecule has 5 nitrogen and oxygen atoms in total. The van der Waals surface area contributed by atoms with Crippen molar-refractivity contribution in [1.82, 2.24) is 9.88 Å². The summed E-state index contributed by atoms with van der Waals surface area (Å²) in [5.74, 6) is 1.12. The molecule has 0 saturated carbocycles. The van der Waals surface area contributed by atoms with Gasteiger partial charge in [-0.1, -0.05) is 17.7 Å².